The molecule has 2 amide bonds. The van der Waals surface area contributed by atoms with Gasteiger partial charge in [-0.1, -0.05) is 11.8 Å². The first-order valence-electron chi connectivity index (χ1n) is 9.13. The standard InChI is InChI=1S/C19H22N4O6S/c1-5-28-17(24)15-10(2)20-18(25)21-12(15)9-30-19-23-22-16(29-19)11-6-7-13(26-3)14(8-11)27-4/h6-8,10H,5,9H2,1-4H3,(H2,20,21,25). The monoisotopic (exact) mass is 434 g/mol. The Morgan fingerprint density at radius 2 is 2.00 bits per heavy atom. The minimum absolute atomic E-state index is 0.238. The molecule has 1 unspecified atom stereocenters. The summed E-state index contributed by atoms with van der Waals surface area (Å²) in [5.41, 5.74) is 1.48. The van der Waals surface area contributed by atoms with Gasteiger partial charge in [-0.15, -0.1) is 10.2 Å². The number of benzene rings is 1. The number of nitrogens with zero attached hydrogens (tertiary/aromatic N) is 2. The third-order valence-corrected chi connectivity index (χ3v) is 5.09. The largest absolute Gasteiger partial charge is 0.493 e. The molecule has 2 heterocycles. The molecule has 0 aliphatic carbocycles. The molecule has 0 radical (unpaired) electrons. The summed E-state index contributed by atoms with van der Waals surface area (Å²) in [7, 11) is 3.10. The van der Waals surface area contributed by atoms with Crippen LogP contribution >= 0.6 is 11.8 Å². The number of urea groups is 1. The van der Waals surface area contributed by atoms with E-state index >= 15 is 0 Å². The van der Waals surface area contributed by atoms with E-state index in [1.807, 2.05) is 0 Å². The first-order chi connectivity index (χ1) is 14.5. The average Bonchev–Trinajstić information content (AvgIpc) is 3.20. The van der Waals surface area contributed by atoms with Gasteiger partial charge in [0.1, 0.15) is 0 Å². The predicted molar refractivity (Wildman–Crippen MR) is 108 cm³/mol. The predicted octanol–water partition coefficient (Wildman–Crippen LogP) is 2.36. The summed E-state index contributed by atoms with van der Waals surface area (Å²) < 4.78 is 21.3. The number of esters is 1. The zero-order valence-electron chi connectivity index (χ0n) is 17.0. The van der Waals surface area contributed by atoms with Crippen molar-refractivity contribution in [1.82, 2.24) is 20.8 Å². The molecule has 2 N–H and O–H groups in total. The van der Waals surface area contributed by atoms with Crippen LogP contribution in [0.4, 0.5) is 4.79 Å². The topological polar surface area (TPSA) is 125 Å². The van der Waals surface area contributed by atoms with Gasteiger partial charge >= 0.3 is 12.0 Å². The molecule has 0 saturated carbocycles. The fraction of sp³-hybridized carbons (Fsp3) is 0.368. The van der Waals surface area contributed by atoms with E-state index in [-0.39, 0.29) is 23.6 Å². The maximum atomic E-state index is 12.3. The summed E-state index contributed by atoms with van der Waals surface area (Å²) in [6.07, 6.45) is 0. The number of aromatic nitrogens is 2. The average molecular weight is 434 g/mol. The molecule has 10 nitrogen and oxygen atoms in total. The van der Waals surface area contributed by atoms with Crippen molar-refractivity contribution in [3.8, 4) is 23.0 Å². The van der Waals surface area contributed by atoms with Crippen molar-refractivity contribution in [3.63, 3.8) is 0 Å². The number of amides is 2. The molecule has 1 aliphatic heterocycles. The number of nitrogens with one attached hydrogen (secondary N) is 2. The molecule has 11 heteroatoms. The number of thioether (sulfide) groups is 1. The molecule has 1 aliphatic rings. The smallest absolute Gasteiger partial charge is 0.337 e. The SMILES string of the molecule is CCOC(=O)C1=C(CSc2nnc(-c3ccc(OC)c(OC)c3)o2)NC(=O)NC1C. The second-order valence-corrected chi connectivity index (χ2v) is 7.09. The van der Waals surface area contributed by atoms with Gasteiger partial charge in [0.25, 0.3) is 5.22 Å². The van der Waals surface area contributed by atoms with E-state index in [9.17, 15) is 9.59 Å². The number of ether oxygens (including phenoxy) is 3. The van der Waals surface area contributed by atoms with Crippen LogP contribution < -0.4 is 20.1 Å². The lowest BCUT2D eigenvalue weighted by atomic mass is 10.1. The van der Waals surface area contributed by atoms with Gasteiger partial charge in [-0.3, -0.25) is 0 Å². The third kappa shape index (κ3) is 4.67. The van der Waals surface area contributed by atoms with Crippen LogP contribution in [-0.2, 0) is 9.53 Å². The van der Waals surface area contributed by atoms with Crippen molar-refractivity contribution in [2.24, 2.45) is 0 Å². The third-order valence-electron chi connectivity index (χ3n) is 4.24. The summed E-state index contributed by atoms with van der Waals surface area (Å²) in [5, 5.41) is 13.7. The highest BCUT2D eigenvalue weighted by atomic mass is 32.2. The van der Waals surface area contributed by atoms with E-state index in [0.29, 0.717) is 34.2 Å². The highest BCUT2D eigenvalue weighted by molar-refractivity contribution is 7.99. The van der Waals surface area contributed by atoms with E-state index in [4.69, 9.17) is 18.6 Å². The molecule has 1 aromatic carbocycles. The number of rotatable bonds is 8. The number of methoxy groups -OCH3 is 2. The first-order valence-corrected chi connectivity index (χ1v) is 10.1. The van der Waals surface area contributed by atoms with E-state index in [2.05, 4.69) is 20.8 Å². The Kier molecular flexibility index (Phi) is 6.83. The molecule has 1 atom stereocenters. The van der Waals surface area contributed by atoms with Crippen LogP contribution in [0.3, 0.4) is 0 Å². The lowest BCUT2D eigenvalue weighted by Gasteiger charge is -2.26. The molecule has 0 bridgehead atoms. The number of hydrogen-bond donors (Lipinski definition) is 2. The number of carbonyl (C=O) groups is 2. The van der Waals surface area contributed by atoms with Gasteiger partial charge in [0.05, 0.1) is 32.4 Å². The van der Waals surface area contributed by atoms with Gasteiger partial charge in [0, 0.05) is 17.0 Å². The Labute approximate surface area is 177 Å². The van der Waals surface area contributed by atoms with Gasteiger partial charge in [-0.05, 0) is 32.0 Å². The molecule has 0 spiro atoms. The second kappa shape index (κ2) is 9.53. The number of carbonyl (C=O) groups excluding carboxylic acids is 2. The van der Waals surface area contributed by atoms with Crippen LogP contribution in [0.25, 0.3) is 11.5 Å². The minimum atomic E-state index is -0.482. The van der Waals surface area contributed by atoms with Crippen molar-refractivity contribution < 1.29 is 28.2 Å². The Hall–Kier alpha value is -3.21. The normalized spacial score (nSPS) is 16.0. The first kappa shape index (κ1) is 21.5. The maximum Gasteiger partial charge on any atom is 0.337 e. The molecule has 2 aromatic rings. The summed E-state index contributed by atoms with van der Waals surface area (Å²) >= 11 is 1.20. The zero-order chi connectivity index (χ0) is 21.7. The van der Waals surface area contributed by atoms with Crippen LogP contribution in [0.15, 0.2) is 39.1 Å². The Morgan fingerprint density at radius 3 is 2.70 bits per heavy atom. The molecular weight excluding hydrogens is 412 g/mol. The van der Waals surface area contributed by atoms with Gasteiger partial charge in [-0.25, -0.2) is 9.59 Å². The van der Waals surface area contributed by atoms with Gasteiger partial charge < -0.3 is 29.3 Å². The second-order valence-electron chi connectivity index (χ2n) is 6.16. The Morgan fingerprint density at radius 1 is 1.23 bits per heavy atom. The molecule has 0 saturated heterocycles. The fourth-order valence-electron chi connectivity index (χ4n) is 2.88. The van der Waals surface area contributed by atoms with Crippen LogP contribution in [0, 0.1) is 0 Å². The van der Waals surface area contributed by atoms with E-state index in [1.54, 1.807) is 46.3 Å². The summed E-state index contributed by atoms with van der Waals surface area (Å²) in [5.74, 6) is 1.20. The molecule has 1 aromatic heterocycles. The molecule has 30 heavy (non-hydrogen) atoms. The van der Waals surface area contributed by atoms with Crippen molar-refractivity contribution in [2.75, 3.05) is 26.6 Å². The van der Waals surface area contributed by atoms with Crippen LogP contribution in [0.1, 0.15) is 13.8 Å². The number of hydrogen-bond acceptors (Lipinski definition) is 9. The lowest BCUT2D eigenvalue weighted by molar-refractivity contribution is -0.138. The molecule has 0 fully saturated rings. The van der Waals surface area contributed by atoms with Crippen LogP contribution in [-0.4, -0.2) is 54.8 Å². The minimum Gasteiger partial charge on any atom is -0.493 e. The van der Waals surface area contributed by atoms with Crippen molar-refractivity contribution in [2.45, 2.75) is 25.1 Å². The molecule has 160 valence electrons. The highest BCUT2D eigenvalue weighted by Crippen LogP contribution is 2.33. The fourth-order valence-corrected chi connectivity index (χ4v) is 3.61. The molecule has 3 rings (SSSR count). The highest BCUT2D eigenvalue weighted by Gasteiger charge is 2.30. The Bertz CT molecular complexity index is 974. The Balaban J connectivity index is 1.77. The lowest BCUT2D eigenvalue weighted by Crippen LogP contribution is -2.49. The quantitative estimate of drug-likeness (QED) is 0.476. The van der Waals surface area contributed by atoms with Gasteiger partial charge in [-0.2, -0.15) is 0 Å². The van der Waals surface area contributed by atoms with Crippen LogP contribution in [0.2, 0.25) is 0 Å². The van der Waals surface area contributed by atoms with Gasteiger partial charge in [0.15, 0.2) is 11.5 Å². The van der Waals surface area contributed by atoms with E-state index in [1.165, 1.54) is 11.8 Å². The molecular formula is C19H22N4O6S. The maximum absolute atomic E-state index is 12.3. The summed E-state index contributed by atoms with van der Waals surface area (Å²) in [6, 6.07) is 4.39. The van der Waals surface area contributed by atoms with Crippen LogP contribution in [0.5, 0.6) is 11.5 Å². The summed E-state index contributed by atoms with van der Waals surface area (Å²) in [4.78, 5) is 24.1. The summed E-state index contributed by atoms with van der Waals surface area (Å²) in [6.45, 7) is 3.68. The van der Waals surface area contributed by atoms with Crippen molar-refractivity contribution >= 4 is 23.8 Å². The van der Waals surface area contributed by atoms with E-state index < -0.39 is 12.0 Å². The zero-order valence-corrected chi connectivity index (χ0v) is 17.8. The van der Waals surface area contributed by atoms with Gasteiger partial charge in [0.2, 0.25) is 5.89 Å². The van der Waals surface area contributed by atoms with Crippen molar-refractivity contribution in [1.29, 1.82) is 0 Å². The van der Waals surface area contributed by atoms with E-state index in [0.717, 1.165) is 0 Å². The van der Waals surface area contributed by atoms with Crippen molar-refractivity contribution in [3.05, 3.63) is 29.5 Å².